The van der Waals surface area contributed by atoms with Crippen molar-refractivity contribution in [1.82, 2.24) is 4.57 Å². The standard InChI is InChI=1S/C15H19BClNO2/c1-14(2)15(3,4)20-16(19-14)11-6-7-12(17)13-10(11)8-9-18(13)5/h6-9H,1-5H3. The Hall–Kier alpha value is -0.965. The van der Waals surface area contributed by atoms with Gasteiger partial charge in [-0.05, 0) is 45.3 Å². The molecule has 0 radical (unpaired) electrons. The van der Waals surface area contributed by atoms with Crippen LogP contribution in [0.15, 0.2) is 24.4 Å². The van der Waals surface area contributed by atoms with E-state index in [2.05, 4.69) is 33.8 Å². The molecule has 0 amide bonds. The van der Waals surface area contributed by atoms with Gasteiger partial charge in [0, 0.05) is 18.6 Å². The highest BCUT2D eigenvalue weighted by atomic mass is 35.5. The normalized spacial score (nSPS) is 20.8. The van der Waals surface area contributed by atoms with Gasteiger partial charge in [0.05, 0.1) is 21.7 Å². The lowest BCUT2D eigenvalue weighted by Crippen LogP contribution is -2.41. The SMILES string of the molecule is Cn1ccc2c(B3OC(C)(C)C(C)(C)O3)ccc(Cl)c21. The fourth-order valence-corrected chi connectivity index (χ4v) is 2.87. The van der Waals surface area contributed by atoms with E-state index in [1.165, 1.54) is 0 Å². The number of aromatic nitrogens is 1. The average Bonchev–Trinajstić information content (AvgIpc) is 2.80. The molecular weight excluding hydrogens is 272 g/mol. The molecule has 106 valence electrons. The number of aryl methyl sites for hydroxylation is 1. The quantitative estimate of drug-likeness (QED) is 0.754. The Kier molecular flexibility index (Phi) is 2.98. The van der Waals surface area contributed by atoms with E-state index in [0.29, 0.717) is 0 Å². The van der Waals surface area contributed by atoms with Gasteiger partial charge in [-0.15, -0.1) is 0 Å². The molecule has 2 heterocycles. The van der Waals surface area contributed by atoms with Crippen molar-refractivity contribution in [2.24, 2.45) is 7.05 Å². The van der Waals surface area contributed by atoms with Gasteiger partial charge >= 0.3 is 7.12 Å². The highest BCUT2D eigenvalue weighted by molar-refractivity contribution is 6.65. The molecule has 1 aliphatic heterocycles. The summed E-state index contributed by atoms with van der Waals surface area (Å²) in [4.78, 5) is 0. The summed E-state index contributed by atoms with van der Waals surface area (Å²) < 4.78 is 14.3. The second kappa shape index (κ2) is 4.26. The van der Waals surface area contributed by atoms with Crippen molar-refractivity contribution in [2.75, 3.05) is 0 Å². The smallest absolute Gasteiger partial charge is 0.399 e. The molecule has 0 spiro atoms. The summed E-state index contributed by atoms with van der Waals surface area (Å²) in [6.45, 7) is 8.24. The molecule has 0 N–H and O–H groups in total. The van der Waals surface area contributed by atoms with Crippen LogP contribution in [0.3, 0.4) is 0 Å². The van der Waals surface area contributed by atoms with Crippen LogP contribution in [-0.4, -0.2) is 22.9 Å². The van der Waals surface area contributed by atoms with Gasteiger partial charge < -0.3 is 13.9 Å². The summed E-state index contributed by atoms with van der Waals surface area (Å²) in [5, 5.41) is 1.83. The molecule has 3 nitrogen and oxygen atoms in total. The first-order valence-corrected chi connectivity index (χ1v) is 7.20. The monoisotopic (exact) mass is 291 g/mol. The van der Waals surface area contributed by atoms with Gasteiger partial charge in [0.2, 0.25) is 0 Å². The zero-order valence-corrected chi connectivity index (χ0v) is 13.3. The summed E-state index contributed by atoms with van der Waals surface area (Å²) in [6, 6.07) is 5.96. The van der Waals surface area contributed by atoms with E-state index in [9.17, 15) is 0 Å². The summed E-state index contributed by atoms with van der Waals surface area (Å²) in [7, 11) is 1.63. The molecule has 0 bridgehead atoms. The first-order chi connectivity index (χ1) is 9.23. The van der Waals surface area contributed by atoms with E-state index in [-0.39, 0.29) is 18.3 Å². The van der Waals surface area contributed by atoms with E-state index >= 15 is 0 Å². The Balaban J connectivity index is 2.11. The molecule has 0 saturated carbocycles. The van der Waals surface area contributed by atoms with E-state index < -0.39 is 0 Å². The number of nitrogens with zero attached hydrogens (tertiary/aromatic N) is 1. The number of hydrogen-bond acceptors (Lipinski definition) is 2. The van der Waals surface area contributed by atoms with Crippen LogP contribution in [0.2, 0.25) is 5.02 Å². The lowest BCUT2D eigenvalue weighted by Gasteiger charge is -2.32. The van der Waals surface area contributed by atoms with Crippen molar-refractivity contribution in [2.45, 2.75) is 38.9 Å². The van der Waals surface area contributed by atoms with Gasteiger partial charge in [-0.3, -0.25) is 0 Å². The minimum Gasteiger partial charge on any atom is -0.399 e. The highest BCUT2D eigenvalue weighted by Crippen LogP contribution is 2.37. The van der Waals surface area contributed by atoms with Crippen LogP contribution in [0, 0.1) is 0 Å². The molecule has 1 fully saturated rings. The lowest BCUT2D eigenvalue weighted by atomic mass is 9.77. The second-order valence-corrected chi connectivity index (χ2v) is 6.82. The van der Waals surface area contributed by atoms with Gasteiger partial charge in [0.15, 0.2) is 0 Å². The molecule has 3 rings (SSSR count). The third-order valence-corrected chi connectivity index (χ3v) is 4.83. The second-order valence-electron chi connectivity index (χ2n) is 6.41. The topological polar surface area (TPSA) is 23.4 Å². The van der Waals surface area contributed by atoms with Gasteiger partial charge in [-0.25, -0.2) is 0 Å². The number of rotatable bonds is 1. The maximum absolute atomic E-state index is 6.29. The Bertz CT molecular complexity index is 662. The summed E-state index contributed by atoms with van der Waals surface area (Å²) in [6.07, 6.45) is 2.01. The van der Waals surface area contributed by atoms with Crippen LogP contribution in [-0.2, 0) is 16.4 Å². The molecule has 0 unspecified atom stereocenters. The number of fused-ring (bicyclic) bond motifs is 1. The largest absolute Gasteiger partial charge is 0.495 e. The van der Waals surface area contributed by atoms with Crippen LogP contribution in [0.4, 0.5) is 0 Å². The van der Waals surface area contributed by atoms with Crippen molar-refractivity contribution in [3.63, 3.8) is 0 Å². The molecule has 0 atom stereocenters. The first kappa shape index (κ1) is 14.0. The molecule has 2 aromatic rings. The number of hydrogen-bond donors (Lipinski definition) is 0. The molecule has 1 aliphatic rings. The van der Waals surface area contributed by atoms with E-state index in [0.717, 1.165) is 21.4 Å². The molecule has 1 saturated heterocycles. The molecular formula is C15H19BClNO2. The van der Waals surface area contributed by atoms with E-state index in [1.54, 1.807) is 0 Å². The Morgan fingerprint density at radius 3 is 2.25 bits per heavy atom. The van der Waals surface area contributed by atoms with E-state index in [4.69, 9.17) is 20.9 Å². The zero-order chi connectivity index (χ0) is 14.7. The van der Waals surface area contributed by atoms with Crippen molar-refractivity contribution in [3.8, 4) is 0 Å². The Morgan fingerprint density at radius 2 is 1.65 bits per heavy atom. The molecule has 1 aromatic heterocycles. The predicted molar refractivity (Wildman–Crippen MR) is 83.6 cm³/mol. The zero-order valence-electron chi connectivity index (χ0n) is 12.5. The first-order valence-electron chi connectivity index (χ1n) is 6.82. The molecule has 0 aliphatic carbocycles. The number of benzene rings is 1. The minimum absolute atomic E-state index is 0.335. The van der Waals surface area contributed by atoms with Crippen molar-refractivity contribution >= 4 is 35.1 Å². The van der Waals surface area contributed by atoms with Crippen LogP contribution in [0.25, 0.3) is 10.9 Å². The van der Waals surface area contributed by atoms with Crippen molar-refractivity contribution in [1.29, 1.82) is 0 Å². The number of halogens is 1. The molecule has 20 heavy (non-hydrogen) atoms. The summed E-state index contributed by atoms with van der Waals surface area (Å²) >= 11 is 6.29. The highest BCUT2D eigenvalue weighted by Gasteiger charge is 2.52. The molecule has 5 heteroatoms. The predicted octanol–water partition coefficient (Wildman–Crippen LogP) is 3.13. The fraction of sp³-hybridized carbons (Fsp3) is 0.467. The fourth-order valence-electron chi connectivity index (χ4n) is 2.57. The molecule has 1 aromatic carbocycles. The third-order valence-electron chi connectivity index (χ3n) is 4.53. The van der Waals surface area contributed by atoms with Crippen LogP contribution in [0.5, 0.6) is 0 Å². The average molecular weight is 292 g/mol. The minimum atomic E-state index is -0.359. The van der Waals surface area contributed by atoms with Crippen molar-refractivity contribution < 1.29 is 9.31 Å². The van der Waals surface area contributed by atoms with E-state index in [1.807, 2.05) is 29.9 Å². The summed E-state index contributed by atoms with van der Waals surface area (Å²) in [5.74, 6) is 0. The van der Waals surface area contributed by atoms with Gasteiger partial charge in [-0.1, -0.05) is 17.7 Å². The lowest BCUT2D eigenvalue weighted by molar-refractivity contribution is 0.00578. The van der Waals surface area contributed by atoms with Gasteiger partial charge in [0.25, 0.3) is 0 Å². The van der Waals surface area contributed by atoms with Crippen molar-refractivity contribution in [3.05, 3.63) is 29.4 Å². The maximum atomic E-state index is 6.29. The Labute approximate surface area is 125 Å². The Morgan fingerprint density at radius 1 is 1.05 bits per heavy atom. The van der Waals surface area contributed by atoms with Crippen LogP contribution < -0.4 is 5.46 Å². The van der Waals surface area contributed by atoms with Gasteiger partial charge in [0.1, 0.15) is 0 Å². The van der Waals surface area contributed by atoms with Crippen LogP contribution in [0.1, 0.15) is 27.7 Å². The van der Waals surface area contributed by atoms with Crippen LogP contribution >= 0.6 is 11.6 Å². The summed E-state index contributed by atoms with van der Waals surface area (Å²) in [5.41, 5.74) is 1.37. The maximum Gasteiger partial charge on any atom is 0.495 e. The third kappa shape index (κ3) is 1.90. The van der Waals surface area contributed by atoms with Gasteiger partial charge in [-0.2, -0.15) is 0 Å².